The van der Waals surface area contributed by atoms with Crippen LogP contribution in [-0.2, 0) is 23.8 Å². The van der Waals surface area contributed by atoms with Crippen LogP contribution in [0.5, 0.6) is 0 Å². The molecule has 1 aliphatic heterocycles. The fourth-order valence-electron chi connectivity index (χ4n) is 3.14. The number of likely N-dealkylation sites (tertiary alicyclic amines) is 1. The number of aryl methyl sites for hydroxylation is 1. The molecule has 0 bridgehead atoms. The highest BCUT2D eigenvalue weighted by atomic mass is 35.5. The number of carbonyl (C=O) groups is 1. The van der Waals surface area contributed by atoms with Crippen molar-refractivity contribution in [1.29, 1.82) is 0 Å². The Morgan fingerprint density at radius 3 is 2.73 bits per heavy atom. The topological polar surface area (TPSA) is 58.4 Å². The Morgan fingerprint density at radius 2 is 2.14 bits per heavy atom. The van der Waals surface area contributed by atoms with E-state index < -0.39 is 11.4 Å². The normalized spacial score (nSPS) is 22.1. The number of halogens is 1. The minimum Gasteiger partial charge on any atom is -0.481 e. The van der Waals surface area contributed by atoms with Gasteiger partial charge in [0.15, 0.2) is 0 Å². The summed E-state index contributed by atoms with van der Waals surface area (Å²) < 4.78 is 1.74. The van der Waals surface area contributed by atoms with E-state index in [0.29, 0.717) is 24.5 Å². The van der Waals surface area contributed by atoms with Crippen molar-refractivity contribution >= 4 is 17.6 Å². The zero-order chi connectivity index (χ0) is 15.7. The molecular formula is C16H18ClN3O2. The van der Waals surface area contributed by atoms with Gasteiger partial charge in [-0.3, -0.25) is 14.4 Å². The SMILES string of the molecule is Cn1ncc(Cl)c1CN1CCC(C(=O)O)(c2ccccc2)C1. The quantitative estimate of drug-likeness (QED) is 0.939. The van der Waals surface area contributed by atoms with Crippen LogP contribution < -0.4 is 0 Å². The molecule has 1 unspecified atom stereocenters. The van der Waals surface area contributed by atoms with Crippen molar-refractivity contribution in [3.63, 3.8) is 0 Å². The van der Waals surface area contributed by atoms with E-state index in [-0.39, 0.29) is 0 Å². The predicted octanol–water partition coefficient (Wildman–Crippen LogP) is 2.30. The third-order valence-electron chi connectivity index (χ3n) is 4.47. The van der Waals surface area contributed by atoms with Crippen LogP contribution in [0.2, 0.25) is 5.02 Å². The average Bonchev–Trinajstić information content (AvgIpc) is 3.08. The summed E-state index contributed by atoms with van der Waals surface area (Å²) in [4.78, 5) is 14.1. The smallest absolute Gasteiger partial charge is 0.315 e. The van der Waals surface area contributed by atoms with Crippen molar-refractivity contribution in [2.24, 2.45) is 7.05 Å². The summed E-state index contributed by atoms with van der Waals surface area (Å²) in [5.74, 6) is -0.766. The zero-order valence-corrected chi connectivity index (χ0v) is 13.1. The molecule has 1 fully saturated rings. The van der Waals surface area contributed by atoms with Crippen LogP contribution in [0.3, 0.4) is 0 Å². The van der Waals surface area contributed by atoms with Crippen LogP contribution in [0.25, 0.3) is 0 Å². The van der Waals surface area contributed by atoms with Crippen molar-refractivity contribution in [3.05, 3.63) is 52.8 Å². The minimum atomic E-state index is -0.841. The van der Waals surface area contributed by atoms with E-state index >= 15 is 0 Å². The molecule has 116 valence electrons. The summed E-state index contributed by atoms with van der Waals surface area (Å²) in [6, 6.07) is 9.48. The van der Waals surface area contributed by atoms with Crippen molar-refractivity contribution in [1.82, 2.24) is 14.7 Å². The fourth-order valence-corrected chi connectivity index (χ4v) is 3.37. The van der Waals surface area contributed by atoms with Crippen molar-refractivity contribution < 1.29 is 9.90 Å². The third kappa shape index (κ3) is 2.51. The molecule has 1 aromatic carbocycles. The lowest BCUT2D eigenvalue weighted by atomic mass is 9.80. The van der Waals surface area contributed by atoms with Crippen LogP contribution in [-0.4, -0.2) is 38.8 Å². The molecule has 1 aromatic heterocycles. The number of hydrogen-bond donors (Lipinski definition) is 1. The summed E-state index contributed by atoms with van der Waals surface area (Å²) in [5, 5.41) is 14.5. The van der Waals surface area contributed by atoms with Gasteiger partial charge in [-0.25, -0.2) is 0 Å². The number of hydrogen-bond acceptors (Lipinski definition) is 3. The number of benzene rings is 1. The third-order valence-corrected chi connectivity index (χ3v) is 4.78. The molecule has 2 aromatic rings. The molecule has 6 heteroatoms. The Kier molecular flexibility index (Phi) is 3.93. The van der Waals surface area contributed by atoms with E-state index in [2.05, 4.69) is 10.00 Å². The first-order chi connectivity index (χ1) is 10.5. The highest BCUT2D eigenvalue weighted by molar-refractivity contribution is 6.31. The maximum absolute atomic E-state index is 11.9. The monoisotopic (exact) mass is 319 g/mol. The van der Waals surface area contributed by atoms with Gasteiger partial charge in [-0.2, -0.15) is 5.10 Å². The maximum atomic E-state index is 11.9. The van der Waals surface area contributed by atoms with Gasteiger partial charge in [0.2, 0.25) is 0 Å². The lowest BCUT2D eigenvalue weighted by Crippen LogP contribution is -2.38. The van der Waals surface area contributed by atoms with Gasteiger partial charge in [-0.1, -0.05) is 41.9 Å². The van der Waals surface area contributed by atoms with Gasteiger partial charge in [0.05, 0.1) is 16.9 Å². The van der Waals surface area contributed by atoms with Crippen LogP contribution in [0.4, 0.5) is 0 Å². The lowest BCUT2D eigenvalue weighted by Gasteiger charge is -2.25. The van der Waals surface area contributed by atoms with Gasteiger partial charge in [0.25, 0.3) is 0 Å². The number of carboxylic acids is 1. The second-order valence-electron chi connectivity index (χ2n) is 5.78. The van der Waals surface area contributed by atoms with E-state index in [9.17, 15) is 9.90 Å². The molecule has 22 heavy (non-hydrogen) atoms. The molecule has 1 aliphatic rings. The Balaban J connectivity index is 1.84. The van der Waals surface area contributed by atoms with E-state index in [4.69, 9.17) is 11.6 Å². The maximum Gasteiger partial charge on any atom is 0.315 e. The van der Waals surface area contributed by atoms with Crippen molar-refractivity contribution in [2.75, 3.05) is 13.1 Å². The first-order valence-electron chi connectivity index (χ1n) is 7.20. The highest BCUT2D eigenvalue weighted by Gasteiger charge is 2.46. The molecule has 0 aliphatic carbocycles. The molecular weight excluding hydrogens is 302 g/mol. The molecule has 1 N–H and O–H groups in total. The van der Waals surface area contributed by atoms with Crippen molar-refractivity contribution in [2.45, 2.75) is 18.4 Å². The average molecular weight is 320 g/mol. The predicted molar refractivity (Wildman–Crippen MR) is 83.9 cm³/mol. The largest absolute Gasteiger partial charge is 0.481 e. The van der Waals surface area contributed by atoms with Crippen LogP contribution in [0.15, 0.2) is 36.5 Å². The Morgan fingerprint density at radius 1 is 1.41 bits per heavy atom. The first kappa shape index (κ1) is 15.1. The fraction of sp³-hybridized carbons (Fsp3) is 0.375. The van der Waals surface area contributed by atoms with Crippen molar-refractivity contribution in [3.8, 4) is 0 Å². The van der Waals surface area contributed by atoms with Gasteiger partial charge in [0, 0.05) is 26.7 Å². The summed E-state index contributed by atoms with van der Waals surface area (Å²) in [5.41, 5.74) is 0.934. The molecule has 2 heterocycles. The second-order valence-corrected chi connectivity index (χ2v) is 6.18. The highest BCUT2D eigenvalue weighted by Crippen LogP contribution is 2.36. The van der Waals surface area contributed by atoms with Crippen LogP contribution >= 0.6 is 11.6 Å². The summed E-state index contributed by atoms with van der Waals surface area (Å²) >= 11 is 6.15. The van der Waals surface area contributed by atoms with E-state index in [0.717, 1.165) is 17.8 Å². The van der Waals surface area contributed by atoms with Gasteiger partial charge < -0.3 is 5.11 Å². The molecule has 3 rings (SSSR count). The van der Waals surface area contributed by atoms with E-state index in [1.807, 2.05) is 37.4 Å². The number of aromatic nitrogens is 2. The zero-order valence-electron chi connectivity index (χ0n) is 12.4. The molecule has 0 amide bonds. The number of aliphatic carboxylic acids is 1. The van der Waals surface area contributed by atoms with E-state index in [1.165, 1.54) is 0 Å². The lowest BCUT2D eigenvalue weighted by molar-refractivity contribution is -0.143. The Bertz CT molecular complexity index is 666. The molecule has 1 saturated heterocycles. The standard InChI is InChI=1S/C16H18ClN3O2/c1-19-14(13(17)9-18-19)10-20-8-7-16(11-20,15(21)22)12-5-3-2-4-6-12/h2-6,9H,7-8,10-11H2,1H3,(H,21,22). The first-order valence-corrected chi connectivity index (χ1v) is 7.58. The molecule has 5 nitrogen and oxygen atoms in total. The number of rotatable bonds is 4. The summed E-state index contributed by atoms with van der Waals surface area (Å²) in [7, 11) is 1.85. The summed E-state index contributed by atoms with van der Waals surface area (Å²) in [6.45, 7) is 1.81. The van der Waals surface area contributed by atoms with Gasteiger partial charge in [-0.15, -0.1) is 0 Å². The molecule has 1 atom stereocenters. The summed E-state index contributed by atoms with van der Waals surface area (Å²) in [6.07, 6.45) is 2.22. The number of nitrogens with zero attached hydrogens (tertiary/aromatic N) is 3. The number of carboxylic acid groups (broad SMARTS) is 1. The minimum absolute atomic E-state index is 0.480. The van der Waals surface area contributed by atoms with Crippen LogP contribution in [0, 0.1) is 0 Å². The Labute approximate surface area is 134 Å². The van der Waals surface area contributed by atoms with Gasteiger partial charge in [0.1, 0.15) is 5.41 Å². The van der Waals surface area contributed by atoms with Gasteiger partial charge in [-0.05, 0) is 12.0 Å². The van der Waals surface area contributed by atoms with Gasteiger partial charge >= 0.3 is 5.97 Å². The van der Waals surface area contributed by atoms with E-state index in [1.54, 1.807) is 10.9 Å². The molecule has 0 spiro atoms. The molecule has 0 saturated carbocycles. The molecule has 0 radical (unpaired) electrons. The van der Waals surface area contributed by atoms with Crippen LogP contribution in [0.1, 0.15) is 17.7 Å². The Hall–Kier alpha value is -1.85. The second kappa shape index (κ2) is 5.74.